The molecule has 0 bridgehead atoms. The molecule has 30 heavy (non-hydrogen) atoms. The molecule has 0 aliphatic rings. The second-order valence-corrected chi connectivity index (χ2v) is 8.63. The van der Waals surface area contributed by atoms with Gasteiger partial charge < -0.3 is 0 Å². The van der Waals surface area contributed by atoms with Gasteiger partial charge >= 0.3 is 0 Å². The van der Waals surface area contributed by atoms with Crippen molar-refractivity contribution in [2.24, 2.45) is 0 Å². The third-order valence-corrected chi connectivity index (χ3v) is 5.97. The maximum atomic E-state index is 2.43. The molecule has 152 valence electrons. The highest BCUT2D eigenvalue weighted by molar-refractivity contribution is 5.64. The Bertz CT molecular complexity index is 1200. The molecule has 2 nitrogen and oxygen atoms in total. The van der Waals surface area contributed by atoms with Crippen molar-refractivity contribution in [1.29, 1.82) is 0 Å². The minimum absolute atomic E-state index is 1.21. The summed E-state index contributed by atoms with van der Waals surface area (Å²) < 4.78 is 4.79. The van der Waals surface area contributed by atoms with E-state index >= 15 is 0 Å². The van der Waals surface area contributed by atoms with Crippen LogP contribution in [-0.4, -0.2) is 4.57 Å². The van der Waals surface area contributed by atoms with Crippen molar-refractivity contribution in [2.75, 3.05) is 0 Å². The van der Waals surface area contributed by atoms with Crippen LogP contribution in [0.25, 0.3) is 22.6 Å². The molecule has 0 unspecified atom stereocenters. The Labute approximate surface area is 180 Å². The fraction of sp³-hybridized carbons (Fsp3) is 0.250. The van der Waals surface area contributed by atoms with Gasteiger partial charge in [0.15, 0.2) is 5.69 Å². The zero-order valence-electron chi connectivity index (χ0n) is 19.2. The van der Waals surface area contributed by atoms with E-state index < -0.39 is 0 Å². The summed E-state index contributed by atoms with van der Waals surface area (Å²) in [5, 5.41) is 0. The Hall–Kier alpha value is -3.13. The summed E-state index contributed by atoms with van der Waals surface area (Å²) in [5.74, 6) is 1.21. The number of hydrogen-bond acceptors (Lipinski definition) is 0. The van der Waals surface area contributed by atoms with E-state index in [-0.39, 0.29) is 0 Å². The van der Waals surface area contributed by atoms with E-state index in [0.717, 1.165) is 0 Å². The molecule has 1 aromatic heterocycles. The molecule has 0 saturated heterocycles. The highest BCUT2D eigenvalue weighted by Gasteiger charge is 2.28. The summed E-state index contributed by atoms with van der Waals surface area (Å²) in [5.41, 5.74) is 12.8. The van der Waals surface area contributed by atoms with Crippen molar-refractivity contribution in [3.05, 3.63) is 100.0 Å². The fourth-order valence-electron chi connectivity index (χ4n) is 4.95. The van der Waals surface area contributed by atoms with Crippen molar-refractivity contribution in [1.82, 2.24) is 4.57 Å². The van der Waals surface area contributed by atoms with Crippen molar-refractivity contribution < 1.29 is 4.57 Å². The summed E-state index contributed by atoms with van der Waals surface area (Å²) >= 11 is 0. The third-order valence-electron chi connectivity index (χ3n) is 5.97. The number of hydrogen-bond donors (Lipinski definition) is 0. The predicted molar refractivity (Wildman–Crippen MR) is 126 cm³/mol. The van der Waals surface area contributed by atoms with Crippen LogP contribution in [0.15, 0.2) is 60.8 Å². The molecular formula is C28H31N2+. The Balaban J connectivity index is 2.09. The van der Waals surface area contributed by atoms with E-state index in [1.807, 2.05) is 0 Å². The molecule has 0 spiro atoms. The third kappa shape index (κ3) is 3.37. The van der Waals surface area contributed by atoms with Gasteiger partial charge in [-0.1, -0.05) is 65.7 Å². The molecule has 0 saturated carbocycles. The predicted octanol–water partition coefficient (Wildman–Crippen LogP) is 6.58. The van der Waals surface area contributed by atoms with E-state index in [1.54, 1.807) is 0 Å². The number of benzene rings is 3. The first-order valence-electron chi connectivity index (χ1n) is 10.6. The molecule has 4 rings (SSSR count). The lowest BCUT2D eigenvalue weighted by molar-refractivity contribution is -0.602. The zero-order chi connectivity index (χ0) is 21.6. The largest absolute Gasteiger partial charge is 0.264 e. The molecule has 1 heterocycles. The summed E-state index contributed by atoms with van der Waals surface area (Å²) in [6.07, 6.45) is 2.30. The van der Waals surface area contributed by atoms with Crippen LogP contribution >= 0.6 is 0 Å². The standard InChI is InChI=1S/C28H31N2/c1-18-13-20(3)27(21(4)14-18)29-17-26(25-11-9-8-10-12-25)30(24(29)7)28-22(5)15-19(2)16-23(28)6/h8-17H,1-7H3/q+1. The van der Waals surface area contributed by atoms with E-state index in [1.165, 1.54) is 61.8 Å². The minimum atomic E-state index is 1.21. The van der Waals surface area contributed by atoms with E-state index in [2.05, 4.69) is 118 Å². The Morgan fingerprint density at radius 1 is 0.633 bits per heavy atom. The molecule has 4 aromatic rings. The first kappa shape index (κ1) is 20.2. The van der Waals surface area contributed by atoms with Gasteiger partial charge in [-0.3, -0.25) is 0 Å². The number of nitrogens with zero attached hydrogens (tertiary/aromatic N) is 2. The van der Waals surface area contributed by atoms with Crippen LogP contribution in [0.4, 0.5) is 0 Å². The fourth-order valence-corrected chi connectivity index (χ4v) is 4.95. The van der Waals surface area contributed by atoms with Gasteiger partial charge in [0.05, 0.1) is 0 Å². The molecule has 2 heteroatoms. The molecule has 0 amide bonds. The molecule has 0 fully saturated rings. The monoisotopic (exact) mass is 395 g/mol. The Kier molecular flexibility index (Phi) is 5.11. The van der Waals surface area contributed by atoms with E-state index in [9.17, 15) is 0 Å². The quantitative estimate of drug-likeness (QED) is 0.346. The second-order valence-electron chi connectivity index (χ2n) is 8.63. The molecule has 0 aliphatic carbocycles. The van der Waals surface area contributed by atoms with Gasteiger partial charge in [0, 0.05) is 12.5 Å². The first-order valence-corrected chi connectivity index (χ1v) is 10.6. The summed E-state index contributed by atoms with van der Waals surface area (Å²) in [6.45, 7) is 15.4. The first-order chi connectivity index (χ1) is 14.3. The Morgan fingerprint density at radius 2 is 1.13 bits per heavy atom. The number of aryl methyl sites for hydroxylation is 6. The zero-order valence-corrected chi connectivity index (χ0v) is 19.2. The van der Waals surface area contributed by atoms with Crippen molar-refractivity contribution in [2.45, 2.75) is 48.5 Å². The van der Waals surface area contributed by atoms with Crippen LogP contribution in [0.1, 0.15) is 39.2 Å². The molecule has 0 aliphatic heterocycles. The smallest absolute Gasteiger partial charge is 0.198 e. The van der Waals surface area contributed by atoms with Gasteiger partial charge in [-0.2, -0.15) is 9.13 Å². The molecule has 0 radical (unpaired) electrons. The average Bonchev–Trinajstić information content (AvgIpc) is 2.98. The second kappa shape index (κ2) is 7.60. The van der Waals surface area contributed by atoms with E-state index in [4.69, 9.17) is 0 Å². The highest BCUT2D eigenvalue weighted by Crippen LogP contribution is 2.30. The van der Waals surface area contributed by atoms with Crippen LogP contribution in [0, 0.1) is 48.5 Å². The summed E-state index contributed by atoms with van der Waals surface area (Å²) in [6, 6.07) is 19.8. The average molecular weight is 396 g/mol. The van der Waals surface area contributed by atoms with Crippen LogP contribution < -0.4 is 4.57 Å². The summed E-state index contributed by atoms with van der Waals surface area (Å²) in [7, 11) is 0. The van der Waals surface area contributed by atoms with Crippen LogP contribution in [-0.2, 0) is 0 Å². The maximum absolute atomic E-state index is 2.43. The SMILES string of the molecule is Cc1cc(C)c(-n2c(-c3ccccc3)c[n+](-c3c(C)cc(C)cc3C)c2C)c(C)c1. The summed E-state index contributed by atoms with van der Waals surface area (Å²) in [4.78, 5) is 0. The van der Waals surface area contributed by atoms with Crippen molar-refractivity contribution in [3.8, 4) is 22.6 Å². The maximum Gasteiger partial charge on any atom is 0.264 e. The van der Waals surface area contributed by atoms with Crippen molar-refractivity contribution in [3.63, 3.8) is 0 Å². The van der Waals surface area contributed by atoms with Gasteiger partial charge in [0.1, 0.15) is 17.6 Å². The van der Waals surface area contributed by atoms with Crippen LogP contribution in [0.3, 0.4) is 0 Å². The van der Waals surface area contributed by atoms with E-state index in [0.29, 0.717) is 0 Å². The normalized spacial score (nSPS) is 11.2. The van der Waals surface area contributed by atoms with Crippen LogP contribution in [0.5, 0.6) is 0 Å². The van der Waals surface area contributed by atoms with Crippen molar-refractivity contribution >= 4 is 0 Å². The van der Waals surface area contributed by atoms with Gasteiger partial charge in [-0.15, -0.1) is 0 Å². The lowest BCUT2D eigenvalue weighted by Gasteiger charge is -2.12. The number of imidazole rings is 1. The lowest BCUT2D eigenvalue weighted by atomic mass is 10.0. The highest BCUT2D eigenvalue weighted by atomic mass is 15.2. The van der Waals surface area contributed by atoms with Gasteiger partial charge in [-0.25, -0.2) is 0 Å². The minimum Gasteiger partial charge on any atom is -0.198 e. The molecule has 0 atom stereocenters. The molecule has 3 aromatic carbocycles. The molecular weight excluding hydrogens is 364 g/mol. The van der Waals surface area contributed by atoms with Gasteiger partial charge in [0.25, 0.3) is 5.82 Å². The Morgan fingerprint density at radius 3 is 1.67 bits per heavy atom. The van der Waals surface area contributed by atoms with Crippen LogP contribution in [0.2, 0.25) is 0 Å². The van der Waals surface area contributed by atoms with Gasteiger partial charge in [0.2, 0.25) is 0 Å². The lowest BCUT2D eigenvalue weighted by Crippen LogP contribution is -2.34. The topological polar surface area (TPSA) is 8.81 Å². The molecule has 0 N–H and O–H groups in total. The number of rotatable bonds is 3. The number of aromatic nitrogens is 2. The van der Waals surface area contributed by atoms with Gasteiger partial charge in [-0.05, 0) is 63.8 Å².